The third-order valence-electron chi connectivity index (χ3n) is 4.05. The summed E-state index contributed by atoms with van der Waals surface area (Å²) in [6, 6.07) is 12.2. The minimum Gasteiger partial charge on any atom is -0.320 e. The summed E-state index contributed by atoms with van der Waals surface area (Å²) in [5.41, 5.74) is -0.228. The molecule has 0 aliphatic rings. The Hall–Kier alpha value is -3.55. The van der Waals surface area contributed by atoms with Crippen molar-refractivity contribution in [3.63, 3.8) is 0 Å². The summed E-state index contributed by atoms with van der Waals surface area (Å²) in [5, 5.41) is 6.53. The highest BCUT2D eigenvalue weighted by Gasteiger charge is 2.19. The normalized spacial score (nSPS) is 10.6. The maximum Gasteiger partial charge on any atom is 0.351 e. The number of aryl methyl sites for hydroxylation is 1. The quantitative estimate of drug-likeness (QED) is 0.762. The van der Waals surface area contributed by atoms with Crippen molar-refractivity contribution < 1.29 is 9.18 Å². The van der Waals surface area contributed by atoms with Gasteiger partial charge in [-0.2, -0.15) is 9.78 Å². The number of nitrogens with one attached hydrogen (secondary N) is 1. The Balaban J connectivity index is 2.04. The Kier molecular flexibility index (Phi) is 4.98. The Labute approximate surface area is 153 Å². The minimum absolute atomic E-state index is 0.235. The molecule has 8 heteroatoms. The molecule has 0 aliphatic heterocycles. The van der Waals surface area contributed by atoms with Crippen molar-refractivity contribution >= 4 is 11.6 Å². The van der Waals surface area contributed by atoms with Crippen LogP contribution in [0.1, 0.15) is 23.0 Å². The number of aromatic nitrogens is 3. The first-order valence-electron chi connectivity index (χ1n) is 8.27. The highest BCUT2D eigenvalue weighted by molar-refractivity contribution is 6.02. The molecule has 0 saturated carbocycles. The Morgan fingerprint density at radius 3 is 2.52 bits per heavy atom. The number of hydrogen-bond acceptors (Lipinski definition) is 4. The summed E-state index contributed by atoms with van der Waals surface area (Å²) in [4.78, 5) is 37.3. The van der Waals surface area contributed by atoms with Crippen molar-refractivity contribution in [1.82, 2.24) is 14.3 Å². The summed E-state index contributed by atoms with van der Waals surface area (Å²) >= 11 is 0. The van der Waals surface area contributed by atoms with Crippen molar-refractivity contribution in [2.45, 2.75) is 13.3 Å². The molecular weight excluding hydrogens is 351 g/mol. The molecule has 1 heterocycles. The Morgan fingerprint density at radius 1 is 1.15 bits per heavy atom. The molecule has 0 aliphatic carbocycles. The first-order valence-corrected chi connectivity index (χ1v) is 8.27. The second-order valence-corrected chi connectivity index (χ2v) is 5.89. The molecule has 1 N–H and O–H groups in total. The number of rotatable bonds is 4. The van der Waals surface area contributed by atoms with Gasteiger partial charge in [-0.1, -0.05) is 19.1 Å². The molecule has 0 fully saturated rings. The van der Waals surface area contributed by atoms with Crippen LogP contribution < -0.4 is 16.6 Å². The monoisotopic (exact) mass is 368 g/mol. The molecule has 3 aromatic rings. The molecular formula is C19H17FN4O3. The number of nitrogens with zero attached hydrogens (tertiary/aromatic N) is 3. The van der Waals surface area contributed by atoms with E-state index in [1.54, 1.807) is 18.2 Å². The summed E-state index contributed by atoms with van der Waals surface area (Å²) in [5.74, 6) is -1.22. The lowest BCUT2D eigenvalue weighted by Gasteiger charge is -2.10. The number of hydrogen-bond donors (Lipinski definition) is 1. The molecule has 0 atom stereocenters. The van der Waals surface area contributed by atoms with E-state index in [-0.39, 0.29) is 5.69 Å². The fraction of sp³-hybridized carbons (Fsp3) is 0.158. The van der Waals surface area contributed by atoms with Crippen molar-refractivity contribution in [2.75, 3.05) is 5.32 Å². The van der Waals surface area contributed by atoms with Crippen LogP contribution in [0.3, 0.4) is 0 Å². The maximum atomic E-state index is 13.1. The molecule has 138 valence electrons. The summed E-state index contributed by atoms with van der Waals surface area (Å²) in [7, 11) is 1.25. The van der Waals surface area contributed by atoms with Gasteiger partial charge in [0.05, 0.1) is 5.69 Å². The predicted molar refractivity (Wildman–Crippen MR) is 98.8 cm³/mol. The predicted octanol–water partition coefficient (Wildman–Crippen LogP) is 1.88. The van der Waals surface area contributed by atoms with Crippen LogP contribution in [0.15, 0.2) is 58.1 Å². The number of halogens is 1. The topological polar surface area (TPSA) is 86.0 Å². The van der Waals surface area contributed by atoms with Crippen molar-refractivity contribution in [3.8, 4) is 5.69 Å². The van der Waals surface area contributed by atoms with Crippen LogP contribution >= 0.6 is 0 Å². The largest absolute Gasteiger partial charge is 0.351 e. The van der Waals surface area contributed by atoms with E-state index in [2.05, 4.69) is 10.4 Å². The van der Waals surface area contributed by atoms with E-state index in [4.69, 9.17) is 0 Å². The lowest BCUT2D eigenvalue weighted by molar-refractivity contribution is 0.101. The van der Waals surface area contributed by atoms with Gasteiger partial charge in [0.1, 0.15) is 5.82 Å². The summed E-state index contributed by atoms with van der Waals surface area (Å²) < 4.78 is 14.8. The average molecular weight is 368 g/mol. The molecule has 27 heavy (non-hydrogen) atoms. The molecule has 0 unspecified atom stereocenters. The molecule has 1 aromatic heterocycles. The second-order valence-electron chi connectivity index (χ2n) is 5.89. The summed E-state index contributed by atoms with van der Waals surface area (Å²) in [6.07, 6.45) is 0.791. The maximum absolute atomic E-state index is 13.1. The number of amides is 1. The summed E-state index contributed by atoms with van der Waals surface area (Å²) in [6.45, 7) is 1.98. The van der Waals surface area contributed by atoms with Crippen LogP contribution in [0.25, 0.3) is 5.69 Å². The van der Waals surface area contributed by atoms with Crippen LogP contribution in [-0.2, 0) is 13.5 Å². The van der Waals surface area contributed by atoms with Crippen molar-refractivity contribution in [2.24, 2.45) is 7.05 Å². The van der Waals surface area contributed by atoms with Gasteiger partial charge in [-0.25, -0.2) is 9.18 Å². The van der Waals surface area contributed by atoms with Gasteiger partial charge < -0.3 is 5.32 Å². The van der Waals surface area contributed by atoms with E-state index in [0.717, 1.165) is 33.4 Å². The molecule has 3 rings (SSSR count). The fourth-order valence-electron chi connectivity index (χ4n) is 2.53. The number of carbonyl (C=O) groups excluding carboxylic acids is 1. The average Bonchev–Trinajstić information content (AvgIpc) is 2.67. The van der Waals surface area contributed by atoms with Gasteiger partial charge in [0.2, 0.25) is 5.69 Å². The van der Waals surface area contributed by atoms with Crippen molar-refractivity contribution in [1.29, 1.82) is 0 Å². The molecule has 0 radical (unpaired) electrons. The van der Waals surface area contributed by atoms with E-state index in [0.29, 0.717) is 5.69 Å². The molecule has 2 aromatic carbocycles. The van der Waals surface area contributed by atoms with Gasteiger partial charge in [0.25, 0.3) is 11.5 Å². The first kappa shape index (κ1) is 18.2. The van der Waals surface area contributed by atoms with Gasteiger partial charge in [-0.15, -0.1) is 0 Å². The van der Waals surface area contributed by atoms with Gasteiger partial charge in [-0.05, 0) is 48.4 Å². The van der Waals surface area contributed by atoms with E-state index >= 15 is 0 Å². The van der Waals surface area contributed by atoms with E-state index < -0.39 is 28.7 Å². The molecule has 0 saturated heterocycles. The highest BCUT2D eigenvalue weighted by atomic mass is 19.1. The number of benzene rings is 2. The zero-order valence-electron chi connectivity index (χ0n) is 14.8. The van der Waals surface area contributed by atoms with E-state index in [1.165, 1.54) is 19.2 Å². The minimum atomic E-state index is -0.817. The van der Waals surface area contributed by atoms with Gasteiger partial charge >= 0.3 is 5.69 Å². The fourth-order valence-corrected chi connectivity index (χ4v) is 2.53. The van der Waals surface area contributed by atoms with Gasteiger partial charge in [0, 0.05) is 12.7 Å². The van der Waals surface area contributed by atoms with E-state index in [1.807, 2.05) is 13.0 Å². The highest BCUT2D eigenvalue weighted by Crippen LogP contribution is 2.12. The van der Waals surface area contributed by atoms with Crippen LogP contribution in [-0.4, -0.2) is 20.3 Å². The van der Waals surface area contributed by atoms with Crippen LogP contribution in [0.5, 0.6) is 0 Å². The second kappa shape index (κ2) is 7.36. The van der Waals surface area contributed by atoms with Crippen LogP contribution in [0, 0.1) is 5.82 Å². The molecule has 1 amide bonds. The third kappa shape index (κ3) is 3.69. The Morgan fingerprint density at radius 2 is 1.85 bits per heavy atom. The van der Waals surface area contributed by atoms with Gasteiger partial charge in [0.15, 0.2) is 0 Å². The smallest absolute Gasteiger partial charge is 0.320 e. The van der Waals surface area contributed by atoms with Crippen molar-refractivity contribution in [3.05, 3.63) is 86.4 Å². The zero-order chi connectivity index (χ0) is 19.6. The van der Waals surface area contributed by atoms with Crippen LogP contribution in [0.2, 0.25) is 0 Å². The number of carbonyl (C=O) groups is 1. The lowest BCUT2D eigenvalue weighted by Crippen LogP contribution is -2.43. The molecule has 0 bridgehead atoms. The standard InChI is InChI=1S/C19H17FN4O3/c1-3-12-5-4-6-14(11-12)21-17(25)16-18(26)23(2)19(27)24(22-16)15-9-7-13(20)8-10-15/h4-11H,3H2,1-2H3,(H,21,25). The first-order chi connectivity index (χ1) is 12.9. The zero-order valence-corrected chi connectivity index (χ0v) is 14.8. The molecule has 0 spiro atoms. The van der Waals surface area contributed by atoms with Crippen LogP contribution in [0.4, 0.5) is 10.1 Å². The Bertz CT molecular complexity index is 1120. The van der Waals surface area contributed by atoms with Gasteiger partial charge in [-0.3, -0.25) is 14.2 Å². The third-order valence-corrected chi connectivity index (χ3v) is 4.05. The number of anilines is 1. The SMILES string of the molecule is CCc1cccc(NC(=O)c2nn(-c3ccc(F)cc3)c(=O)n(C)c2=O)c1. The van der Waals surface area contributed by atoms with E-state index in [9.17, 15) is 18.8 Å². The lowest BCUT2D eigenvalue weighted by atomic mass is 10.1. The molecule has 7 nitrogen and oxygen atoms in total.